The Balaban J connectivity index is 2.32. The van der Waals surface area contributed by atoms with Gasteiger partial charge in [0.1, 0.15) is 5.75 Å². The van der Waals surface area contributed by atoms with Crippen molar-refractivity contribution in [1.29, 1.82) is 0 Å². The number of likely N-dealkylation sites (N-methyl/N-ethyl adjacent to an activating group) is 1. The maximum atomic E-state index is 9.66. The van der Waals surface area contributed by atoms with Gasteiger partial charge in [0.05, 0.1) is 0 Å². The third-order valence-electron chi connectivity index (χ3n) is 3.74. The number of hydrogen-bond donors (Lipinski definition) is 1. The van der Waals surface area contributed by atoms with Crippen molar-refractivity contribution in [2.24, 2.45) is 0 Å². The molecule has 0 aliphatic carbocycles. The fraction of sp³-hybridized carbons (Fsp3) is 0.429. The van der Waals surface area contributed by atoms with E-state index < -0.39 is 0 Å². The third-order valence-corrected chi connectivity index (χ3v) is 3.74. The van der Waals surface area contributed by atoms with Crippen LogP contribution in [-0.2, 0) is 19.5 Å². The summed E-state index contributed by atoms with van der Waals surface area (Å²) in [6.45, 7) is 5.29. The Morgan fingerprint density at radius 2 is 2.18 bits per heavy atom. The lowest BCUT2D eigenvalue weighted by Gasteiger charge is -2.24. The number of fused-ring (bicyclic) bond motifs is 3. The zero-order valence-electron chi connectivity index (χ0n) is 10.4. The van der Waals surface area contributed by atoms with Crippen LogP contribution >= 0.6 is 0 Å². The van der Waals surface area contributed by atoms with Crippen LogP contribution in [0.4, 0.5) is 0 Å². The Morgan fingerprint density at radius 3 is 2.94 bits per heavy atom. The number of aromatic nitrogens is 1. The second-order valence-electron chi connectivity index (χ2n) is 4.86. The van der Waals surface area contributed by atoms with Crippen LogP contribution in [-0.4, -0.2) is 28.2 Å². The van der Waals surface area contributed by atoms with Crippen LogP contribution in [0.15, 0.2) is 18.2 Å². The fourth-order valence-electron chi connectivity index (χ4n) is 2.93. The van der Waals surface area contributed by atoms with Crippen molar-refractivity contribution in [3.63, 3.8) is 0 Å². The molecule has 0 atom stereocenters. The van der Waals surface area contributed by atoms with Crippen molar-refractivity contribution in [1.82, 2.24) is 9.47 Å². The van der Waals surface area contributed by atoms with E-state index in [-0.39, 0.29) is 0 Å². The summed E-state index contributed by atoms with van der Waals surface area (Å²) < 4.78 is 2.39. The van der Waals surface area contributed by atoms with Gasteiger partial charge in [-0.2, -0.15) is 0 Å². The van der Waals surface area contributed by atoms with Crippen molar-refractivity contribution in [3.05, 3.63) is 29.5 Å². The first-order valence-corrected chi connectivity index (χ1v) is 6.22. The molecule has 3 heteroatoms. The van der Waals surface area contributed by atoms with Crippen LogP contribution in [0.5, 0.6) is 5.75 Å². The number of benzene rings is 1. The number of nitrogens with zero attached hydrogens (tertiary/aromatic N) is 2. The van der Waals surface area contributed by atoms with Crippen LogP contribution in [0.1, 0.15) is 18.2 Å². The summed E-state index contributed by atoms with van der Waals surface area (Å²) in [5, 5.41) is 10.9. The van der Waals surface area contributed by atoms with Crippen molar-refractivity contribution >= 4 is 10.9 Å². The first-order chi connectivity index (χ1) is 8.20. The highest BCUT2D eigenvalue weighted by molar-refractivity contribution is 5.87. The second kappa shape index (κ2) is 3.77. The van der Waals surface area contributed by atoms with E-state index in [2.05, 4.69) is 23.4 Å². The zero-order chi connectivity index (χ0) is 12.0. The molecule has 1 N–H and O–H groups in total. The highest BCUT2D eigenvalue weighted by Gasteiger charge is 2.21. The van der Waals surface area contributed by atoms with Gasteiger partial charge in [-0.1, -0.05) is 0 Å². The molecule has 90 valence electrons. The molecular formula is C14H18N2O. The summed E-state index contributed by atoms with van der Waals surface area (Å²) in [6, 6.07) is 5.72. The molecule has 1 aliphatic heterocycles. The van der Waals surface area contributed by atoms with Gasteiger partial charge in [-0.05, 0) is 37.7 Å². The lowest BCUT2D eigenvalue weighted by atomic mass is 10.0. The van der Waals surface area contributed by atoms with E-state index in [0.29, 0.717) is 5.75 Å². The van der Waals surface area contributed by atoms with Gasteiger partial charge in [0.15, 0.2) is 0 Å². The molecular weight excluding hydrogens is 212 g/mol. The van der Waals surface area contributed by atoms with Gasteiger partial charge in [-0.3, -0.25) is 0 Å². The van der Waals surface area contributed by atoms with Crippen LogP contribution in [0.2, 0.25) is 0 Å². The molecule has 0 saturated carbocycles. The number of aromatic hydroxyl groups is 1. The minimum Gasteiger partial charge on any atom is -0.508 e. The molecule has 1 aromatic heterocycles. The Morgan fingerprint density at radius 1 is 1.35 bits per heavy atom. The highest BCUT2D eigenvalue weighted by atomic mass is 16.3. The van der Waals surface area contributed by atoms with E-state index in [9.17, 15) is 5.11 Å². The van der Waals surface area contributed by atoms with Gasteiger partial charge < -0.3 is 14.6 Å². The molecule has 0 unspecified atom stereocenters. The Hall–Kier alpha value is -1.48. The van der Waals surface area contributed by atoms with Crippen molar-refractivity contribution in [3.8, 4) is 5.75 Å². The van der Waals surface area contributed by atoms with Gasteiger partial charge in [-0.25, -0.2) is 0 Å². The van der Waals surface area contributed by atoms with E-state index in [1.165, 1.54) is 22.2 Å². The average Bonchev–Trinajstić information content (AvgIpc) is 2.62. The summed E-state index contributed by atoms with van der Waals surface area (Å²) in [7, 11) is 2.15. The van der Waals surface area contributed by atoms with Gasteiger partial charge in [0.2, 0.25) is 0 Å². The largest absolute Gasteiger partial charge is 0.508 e. The highest BCUT2D eigenvalue weighted by Crippen LogP contribution is 2.32. The fourth-order valence-corrected chi connectivity index (χ4v) is 2.93. The van der Waals surface area contributed by atoms with Crippen LogP contribution in [0.3, 0.4) is 0 Å². The second-order valence-corrected chi connectivity index (χ2v) is 4.86. The molecule has 0 saturated heterocycles. The van der Waals surface area contributed by atoms with E-state index in [1.807, 2.05) is 12.1 Å². The Bertz CT molecular complexity index is 571. The molecule has 3 rings (SSSR count). The van der Waals surface area contributed by atoms with Gasteiger partial charge in [0.25, 0.3) is 0 Å². The Labute approximate surface area is 101 Å². The first-order valence-electron chi connectivity index (χ1n) is 6.22. The van der Waals surface area contributed by atoms with Gasteiger partial charge in [-0.15, -0.1) is 0 Å². The van der Waals surface area contributed by atoms with E-state index in [0.717, 1.165) is 26.1 Å². The predicted molar refractivity (Wildman–Crippen MR) is 69.3 cm³/mol. The normalized spacial score (nSPS) is 16.4. The summed E-state index contributed by atoms with van der Waals surface area (Å²) in [4.78, 5) is 2.34. The molecule has 1 aromatic carbocycles. The Kier molecular flexibility index (Phi) is 2.37. The molecule has 0 amide bonds. The van der Waals surface area contributed by atoms with Gasteiger partial charge >= 0.3 is 0 Å². The maximum absolute atomic E-state index is 9.66. The number of hydrogen-bond acceptors (Lipinski definition) is 2. The molecule has 0 radical (unpaired) electrons. The average molecular weight is 230 g/mol. The molecule has 2 heterocycles. The molecule has 3 nitrogen and oxygen atoms in total. The monoisotopic (exact) mass is 230 g/mol. The van der Waals surface area contributed by atoms with E-state index in [4.69, 9.17) is 0 Å². The topological polar surface area (TPSA) is 28.4 Å². The van der Waals surface area contributed by atoms with Crippen LogP contribution < -0.4 is 0 Å². The van der Waals surface area contributed by atoms with Gasteiger partial charge in [0, 0.05) is 42.7 Å². The summed E-state index contributed by atoms with van der Waals surface area (Å²) in [6.07, 6.45) is 1.11. The zero-order valence-corrected chi connectivity index (χ0v) is 10.4. The van der Waals surface area contributed by atoms with Crippen molar-refractivity contribution in [2.45, 2.75) is 26.4 Å². The lowest BCUT2D eigenvalue weighted by molar-refractivity contribution is 0.309. The quantitative estimate of drug-likeness (QED) is 0.814. The summed E-state index contributed by atoms with van der Waals surface area (Å²) in [5.41, 5.74) is 4.10. The minimum atomic E-state index is 0.363. The summed E-state index contributed by atoms with van der Waals surface area (Å²) in [5.74, 6) is 0.363. The summed E-state index contributed by atoms with van der Waals surface area (Å²) >= 11 is 0. The molecule has 0 spiro atoms. The third kappa shape index (κ3) is 1.53. The molecule has 1 aliphatic rings. The molecule has 0 fully saturated rings. The molecule has 0 bridgehead atoms. The first kappa shape index (κ1) is 10.7. The minimum absolute atomic E-state index is 0.363. The SMILES string of the molecule is CCn1c2c(c3cc(O)ccc31)CN(C)CC2. The number of phenolic OH excluding ortho intramolecular Hbond substituents is 1. The van der Waals surface area contributed by atoms with Crippen LogP contribution in [0, 0.1) is 0 Å². The standard InChI is InChI=1S/C14H18N2O/c1-3-16-13-5-4-10(17)8-11(13)12-9-15(2)7-6-14(12)16/h4-5,8,17H,3,6-7,9H2,1-2H3. The molecule has 17 heavy (non-hydrogen) atoms. The van der Waals surface area contributed by atoms with E-state index in [1.54, 1.807) is 6.07 Å². The van der Waals surface area contributed by atoms with Crippen molar-refractivity contribution < 1.29 is 5.11 Å². The van der Waals surface area contributed by atoms with Crippen LogP contribution in [0.25, 0.3) is 10.9 Å². The predicted octanol–water partition coefficient (Wildman–Crippen LogP) is 2.35. The smallest absolute Gasteiger partial charge is 0.116 e. The number of phenols is 1. The number of aryl methyl sites for hydroxylation is 1. The maximum Gasteiger partial charge on any atom is 0.116 e. The lowest BCUT2D eigenvalue weighted by Crippen LogP contribution is -2.27. The van der Waals surface area contributed by atoms with E-state index >= 15 is 0 Å². The van der Waals surface area contributed by atoms with Crippen molar-refractivity contribution in [2.75, 3.05) is 13.6 Å². The molecule has 2 aromatic rings. The number of rotatable bonds is 1.